The summed E-state index contributed by atoms with van der Waals surface area (Å²) in [5, 5.41) is 12.2. The molecule has 1 saturated heterocycles. The Balaban J connectivity index is 2.55. The minimum absolute atomic E-state index is 0.0153. The third-order valence-electron chi connectivity index (χ3n) is 3.17. The van der Waals surface area contributed by atoms with Gasteiger partial charge in [-0.25, -0.2) is 9.59 Å². The smallest absolute Gasteiger partial charge is 0.326 e. The van der Waals surface area contributed by atoms with Crippen molar-refractivity contribution in [2.24, 2.45) is 0 Å². The molecule has 2 unspecified atom stereocenters. The molecule has 0 aromatic rings. The molecule has 0 saturated carbocycles. The molecule has 7 nitrogen and oxygen atoms in total. The second-order valence-electron chi connectivity index (χ2n) is 5.12. The second kappa shape index (κ2) is 8.11. The van der Waals surface area contributed by atoms with E-state index in [1.165, 1.54) is 7.11 Å². The lowest BCUT2D eigenvalue weighted by Crippen LogP contribution is -2.52. The molecule has 1 heterocycles. The molecule has 2 amide bonds. The van der Waals surface area contributed by atoms with Gasteiger partial charge in [-0.3, -0.25) is 4.79 Å². The maximum absolute atomic E-state index is 12.1. The first-order chi connectivity index (χ1) is 9.83. The van der Waals surface area contributed by atoms with Crippen molar-refractivity contribution in [1.29, 1.82) is 0 Å². The van der Waals surface area contributed by atoms with Gasteiger partial charge in [0.1, 0.15) is 6.04 Å². The number of carboxylic acids is 1. The number of ether oxygens (including phenoxy) is 1. The van der Waals surface area contributed by atoms with Gasteiger partial charge in [0.25, 0.3) is 0 Å². The average molecular weight is 318 g/mol. The Bertz CT molecular complexity index is 394. The van der Waals surface area contributed by atoms with Crippen molar-refractivity contribution >= 4 is 29.7 Å². The predicted molar refractivity (Wildman–Crippen MR) is 79.3 cm³/mol. The van der Waals surface area contributed by atoms with Crippen LogP contribution in [-0.2, 0) is 14.3 Å². The molecule has 0 radical (unpaired) electrons. The summed E-state index contributed by atoms with van der Waals surface area (Å²) in [5.41, 5.74) is 0. The van der Waals surface area contributed by atoms with Crippen molar-refractivity contribution in [1.82, 2.24) is 10.2 Å². The fraction of sp³-hybridized carbons (Fsp3) is 0.769. The Morgan fingerprint density at radius 1 is 1.33 bits per heavy atom. The van der Waals surface area contributed by atoms with Crippen LogP contribution < -0.4 is 5.32 Å². The number of nitrogens with zero attached hydrogens (tertiary/aromatic N) is 1. The van der Waals surface area contributed by atoms with E-state index in [9.17, 15) is 14.4 Å². The molecule has 1 fully saturated rings. The van der Waals surface area contributed by atoms with E-state index in [0.29, 0.717) is 23.6 Å². The van der Waals surface area contributed by atoms with Crippen LogP contribution in [0, 0.1) is 0 Å². The number of hydrogen-bond acceptors (Lipinski definition) is 5. The van der Waals surface area contributed by atoms with Crippen LogP contribution in [0.15, 0.2) is 0 Å². The van der Waals surface area contributed by atoms with Crippen LogP contribution in [0.1, 0.15) is 26.7 Å². The maximum Gasteiger partial charge on any atom is 0.326 e. The SMILES string of the molecule is COC(=O)CC[C@H](NC(=O)N1CC(C)SC(C)C1)C(=O)O. The van der Waals surface area contributed by atoms with Gasteiger partial charge in [0.2, 0.25) is 0 Å². The Morgan fingerprint density at radius 3 is 2.38 bits per heavy atom. The van der Waals surface area contributed by atoms with Gasteiger partial charge in [-0.1, -0.05) is 13.8 Å². The summed E-state index contributed by atoms with van der Waals surface area (Å²) in [5.74, 6) is -1.65. The van der Waals surface area contributed by atoms with Crippen LogP contribution in [0.4, 0.5) is 4.79 Å². The average Bonchev–Trinajstić information content (AvgIpc) is 2.41. The molecule has 0 aromatic heterocycles. The van der Waals surface area contributed by atoms with Gasteiger partial charge in [0.05, 0.1) is 7.11 Å². The molecule has 3 atom stereocenters. The first kappa shape index (κ1) is 17.6. The Labute approximate surface area is 128 Å². The van der Waals surface area contributed by atoms with Crippen molar-refractivity contribution in [3.05, 3.63) is 0 Å². The van der Waals surface area contributed by atoms with Gasteiger partial charge < -0.3 is 20.1 Å². The highest BCUT2D eigenvalue weighted by Gasteiger charge is 2.29. The molecule has 21 heavy (non-hydrogen) atoms. The molecule has 0 aliphatic carbocycles. The maximum atomic E-state index is 12.1. The lowest BCUT2D eigenvalue weighted by molar-refractivity contribution is -0.142. The number of carbonyl (C=O) groups is 3. The van der Waals surface area contributed by atoms with Gasteiger partial charge in [-0.2, -0.15) is 11.8 Å². The topological polar surface area (TPSA) is 95.9 Å². The van der Waals surface area contributed by atoms with Gasteiger partial charge in [0, 0.05) is 30.0 Å². The summed E-state index contributed by atoms with van der Waals surface area (Å²) in [7, 11) is 1.24. The number of urea groups is 1. The van der Waals surface area contributed by atoms with Gasteiger partial charge >= 0.3 is 18.0 Å². The van der Waals surface area contributed by atoms with Crippen molar-refractivity contribution in [3.63, 3.8) is 0 Å². The number of thioether (sulfide) groups is 1. The lowest BCUT2D eigenvalue weighted by atomic mass is 10.1. The standard InChI is InChI=1S/C13H22N2O5S/c1-8-6-15(7-9(2)21-8)13(19)14-10(12(17)18)4-5-11(16)20-3/h8-10H,4-7H2,1-3H3,(H,14,19)(H,17,18)/t8?,9?,10-/m0/s1. The van der Waals surface area contributed by atoms with E-state index in [0.717, 1.165) is 0 Å². The van der Waals surface area contributed by atoms with Crippen LogP contribution in [0.5, 0.6) is 0 Å². The third-order valence-corrected chi connectivity index (χ3v) is 4.39. The summed E-state index contributed by atoms with van der Waals surface area (Å²) < 4.78 is 4.47. The lowest BCUT2D eigenvalue weighted by Gasteiger charge is -2.35. The van der Waals surface area contributed by atoms with Gasteiger partial charge in [-0.15, -0.1) is 0 Å². The number of nitrogens with one attached hydrogen (secondary N) is 1. The van der Waals surface area contributed by atoms with Crippen molar-refractivity contribution in [2.75, 3.05) is 20.2 Å². The number of carboxylic acid groups (broad SMARTS) is 1. The molecule has 0 spiro atoms. The zero-order valence-corrected chi connectivity index (χ0v) is 13.3. The second-order valence-corrected chi connectivity index (χ2v) is 7.00. The Hall–Kier alpha value is -1.44. The predicted octanol–water partition coefficient (Wildman–Crippen LogP) is 0.928. The van der Waals surface area contributed by atoms with Crippen molar-refractivity contribution in [2.45, 2.75) is 43.2 Å². The van der Waals surface area contributed by atoms with Crippen LogP contribution >= 0.6 is 11.8 Å². The minimum Gasteiger partial charge on any atom is -0.480 e. The first-order valence-corrected chi connectivity index (χ1v) is 7.78. The van der Waals surface area contributed by atoms with E-state index < -0.39 is 24.0 Å². The molecular formula is C13H22N2O5S. The van der Waals surface area contributed by atoms with Crippen molar-refractivity contribution < 1.29 is 24.2 Å². The molecule has 8 heteroatoms. The highest BCUT2D eigenvalue weighted by Crippen LogP contribution is 2.24. The molecule has 120 valence electrons. The monoisotopic (exact) mass is 318 g/mol. The number of aliphatic carboxylic acids is 1. The summed E-state index contributed by atoms with van der Waals surface area (Å²) in [6.07, 6.45) is -0.0299. The summed E-state index contributed by atoms with van der Waals surface area (Å²) in [6, 6.07) is -1.48. The zero-order valence-electron chi connectivity index (χ0n) is 12.5. The van der Waals surface area contributed by atoms with Crippen LogP contribution in [0.3, 0.4) is 0 Å². The van der Waals surface area contributed by atoms with E-state index in [2.05, 4.69) is 10.1 Å². The van der Waals surface area contributed by atoms with Gasteiger partial charge in [-0.05, 0) is 6.42 Å². The van der Waals surface area contributed by atoms with E-state index >= 15 is 0 Å². The summed E-state index contributed by atoms with van der Waals surface area (Å²) >= 11 is 1.81. The van der Waals surface area contributed by atoms with Crippen LogP contribution in [0.25, 0.3) is 0 Å². The number of methoxy groups -OCH3 is 1. The van der Waals surface area contributed by atoms with Crippen molar-refractivity contribution in [3.8, 4) is 0 Å². The molecule has 0 aromatic carbocycles. The molecule has 1 aliphatic rings. The van der Waals surface area contributed by atoms with Crippen LogP contribution in [-0.4, -0.2) is 64.7 Å². The largest absolute Gasteiger partial charge is 0.480 e. The fourth-order valence-electron chi connectivity index (χ4n) is 2.21. The summed E-state index contributed by atoms with van der Waals surface area (Å²) in [6.45, 7) is 5.24. The normalized spacial score (nSPS) is 23.3. The van der Waals surface area contributed by atoms with Crippen LogP contribution in [0.2, 0.25) is 0 Å². The Morgan fingerprint density at radius 2 is 1.90 bits per heavy atom. The zero-order chi connectivity index (χ0) is 16.0. The number of amides is 2. The van der Waals surface area contributed by atoms with E-state index in [1.807, 2.05) is 13.8 Å². The number of hydrogen-bond donors (Lipinski definition) is 2. The molecular weight excluding hydrogens is 296 g/mol. The molecule has 2 N–H and O–H groups in total. The minimum atomic E-state index is -1.15. The fourth-order valence-corrected chi connectivity index (χ4v) is 3.53. The van der Waals surface area contributed by atoms with Gasteiger partial charge in [0.15, 0.2) is 0 Å². The molecule has 0 bridgehead atoms. The first-order valence-electron chi connectivity index (χ1n) is 6.84. The number of rotatable bonds is 5. The summed E-state index contributed by atoms with van der Waals surface area (Å²) in [4.78, 5) is 36.0. The van der Waals surface area contributed by atoms with E-state index in [4.69, 9.17) is 5.11 Å². The number of esters is 1. The highest BCUT2D eigenvalue weighted by atomic mass is 32.2. The quantitative estimate of drug-likeness (QED) is 0.732. The van der Waals surface area contributed by atoms with E-state index in [1.54, 1.807) is 16.7 Å². The third kappa shape index (κ3) is 5.82. The number of carbonyl (C=O) groups excluding carboxylic acids is 2. The highest BCUT2D eigenvalue weighted by molar-refractivity contribution is 8.00. The molecule has 1 rings (SSSR count). The van der Waals surface area contributed by atoms with E-state index in [-0.39, 0.29) is 12.8 Å². The Kier molecular flexibility index (Phi) is 6.80. The molecule has 1 aliphatic heterocycles.